The van der Waals surface area contributed by atoms with E-state index in [2.05, 4.69) is 6.07 Å². The largest absolute Gasteiger partial charge is 0.480 e. The number of aliphatic carboxylic acids is 1. The first kappa shape index (κ1) is 15.0. The van der Waals surface area contributed by atoms with Crippen molar-refractivity contribution in [3.8, 4) is 6.07 Å². The van der Waals surface area contributed by atoms with E-state index in [1.807, 2.05) is 12.1 Å². The Balaban J connectivity index is 1.97. The average Bonchev–Trinajstić information content (AvgIpc) is 3.25. The highest BCUT2D eigenvalue weighted by atomic mass is 32.2. The summed E-state index contributed by atoms with van der Waals surface area (Å²) < 4.78 is 26.3. The molecule has 1 aliphatic heterocycles. The predicted octanol–water partition coefficient (Wildman–Crippen LogP) is 1.30. The first-order valence-electron chi connectivity index (χ1n) is 7.10. The number of benzene rings is 1. The summed E-state index contributed by atoms with van der Waals surface area (Å²) in [4.78, 5) is 11.7. The molecule has 3 rings (SSSR count). The first-order chi connectivity index (χ1) is 10.4. The molecule has 7 heteroatoms. The molecule has 1 N–H and O–H groups in total. The maximum absolute atomic E-state index is 12.6. The van der Waals surface area contributed by atoms with Gasteiger partial charge in [0.2, 0.25) is 10.0 Å². The number of hydrogen-bond donors (Lipinski definition) is 1. The quantitative estimate of drug-likeness (QED) is 0.901. The fraction of sp³-hybridized carbons (Fsp3) is 0.467. The molecule has 0 amide bonds. The van der Waals surface area contributed by atoms with Crippen molar-refractivity contribution in [1.29, 1.82) is 5.26 Å². The van der Waals surface area contributed by atoms with E-state index >= 15 is 0 Å². The van der Waals surface area contributed by atoms with Crippen LogP contribution in [0.25, 0.3) is 0 Å². The third kappa shape index (κ3) is 2.49. The van der Waals surface area contributed by atoms with Gasteiger partial charge in [-0.05, 0) is 30.4 Å². The maximum Gasteiger partial charge on any atom is 0.326 e. The van der Waals surface area contributed by atoms with Gasteiger partial charge in [0.15, 0.2) is 0 Å². The lowest BCUT2D eigenvalue weighted by atomic mass is 9.94. The Kier molecular flexibility index (Phi) is 3.46. The van der Waals surface area contributed by atoms with Crippen LogP contribution in [-0.2, 0) is 21.2 Å². The maximum atomic E-state index is 12.6. The summed E-state index contributed by atoms with van der Waals surface area (Å²) >= 11 is 0. The Morgan fingerprint density at radius 2 is 2.09 bits per heavy atom. The van der Waals surface area contributed by atoms with Crippen LogP contribution >= 0.6 is 0 Å². The summed E-state index contributed by atoms with van der Waals surface area (Å²) in [5.74, 6) is -1.47. The molecule has 22 heavy (non-hydrogen) atoms. The monoisotopic (exact) mass is 320 g/mol. The number of rotatable bonds is 4. The molecule has 2 aliphatic rings. The topological polar surface area (TPSA) is 98.5 Å². The van der Waals surface area contributed by atoms with E-state index < -0.39 is 27.4 Å². The lowest BCUT2D eigenvalue weighted by Gasteiger charge is -2.34. The Hall–Kier alpha value is -1.91. The first-order valence-corrected chi connectivity index (χ1v) is 8.71. The molecular formula is C15H16N2O4S. The van der Waals surface area contributed by atoms with Crippen LogP contribution in [0.2, 0.25) is 0 Å². The summed E-state index contributed by atoms with van der Waals surface area (Å²) in [7, 11) is -3.80. The predicted molar refractivity (Wildman–Crippen MR) is 78.3 cm³/mol. The second kappa shape index (κ2) is 5.07. The van der Waals surface area contributed by atoms with Gasteiger partial charge in [-0.3, -0.25) is 4.79 Å². The molecular weight excluding hydrogens is 304 g/mol. The molecule has 116 valence electrons. The van der Waals surface area contributed by atoms with Gasteiger partial charge in [0.05, 0.1) is 17.2 Å². The van der Waals surface area contributed by atoms with Gasteiger partial charge in [0, 0.05) is 6.54 Å². The van der Waals surface area contributed by atoms with Crippen molar-refractivity contribution in [3.05, 3.63) is 35.4 Å². The third-order valence-corrected chi connectivity index (χ3v) is 6.41. The van der Waals surface area contributed by atoms with E-state index in [-0.39, 0.29) is 12.3 Å². The SMILES string of the molecule is N#CC1(CS(=O)(=O)N2CCc3ccccc3C2C(=O)O)CC1. The number of nitriles is 1. The Labute approximate surface area is 129 Å². The van der Waals surface area contributed by atoms with Crippen LogP contribution in [0.3, 0.4) is 0 Å². The van der Waals surface area contributed by atoms with E-state index in [1.165, 1.54) is 0 Å². The second-order valence-electron chi connectivity index (χ2n) is 5.95. The van der Waals surface area contributed by atoms with Crippen LogP contribution in [0, 0.1) is 16.7 Å². The van der Waals surface area contributed by atoms with Gasteiger partial charge >= 0.3 is 5.97 Å². The van der Waals surface area contributed by atoms with Crippen molar-refractivity contribution >= 4 is 16.0 Å². The number of carbonyl (C=O) groups is 1. The van der Waals surface area contributed by atoms with E-state index in [0.717, 1.165) is 9.87 Å². The Morgan fingerprint density at radius 3 is 2.68 bits per heavy atom. The molecule has 1 saturated carbocycles. The van der Waals surface area contributed by atoms with Crippen molar-refractivity contribution in [2.75, 3.05) is 12.3 Å². The lowest BCUT2D eigenvalue weighted by Crippen LogP contribution is -2.45. The van der Waals surface area contributed by atoms with Gasteiger partial charge in [-0.2, -0.15) is 9.57 Å². The molecule has 0 spiro atoms. The van der Waals surface area contributed by atoms with Gasteiger partial charge in [-0.25, -0.2) is 8.42 Å². The minimum absolute atomic E-state index is 0.137. The third-order valence-electron chi connectivity index (χ3n) is 4.38. The highest BCUT2D eigenvalue weighted by Gasteiger charge is 2.50. The number of nitrogens with zero attached hydrogens (tertiary/aromatic N) is 2. The molecule has 0 radical (unpaired) electrons. The molecule has 1 aromatic rings. The normalized spacial score (nSPS) is 23.3. The van der Waals surface area contributed by atoms with E-state index in [0.29, 0.717) is 24.8 Å². The van der Waals surface area contributed by atoms with Crippen molar-refractivity contribution in [2.45, 2.75) is 25.3 Å². The fourth-order valence-corrected chi connectivity index (χ4v) is 5.08. The lowest BCUT2D eigenvalue weighted by molar-refractivity contribution is -0.142. The van der Waals surface area contributed by atoms with Crippen molar-refractivity contribution in [1.82, 2.24) is 4.31 Å². The number of hydrogen-bond acceptors (Lipinski definition) is 4. The fourth-order valence-electron chi connectivity index (χ4n) is 2.97. The molecule has 1 atom stereocenters. The number of fused-ring (bicyclic) bond motifs is 1. The summed E-state index contributed by atoms with van der Waals surface area (Å²) in [6, 6.07) is 7.87. The molecule has 0 saturated heterocycles. The van der Waals surface area contributed by atoms with Gasteiger partial charge in [-0.1, -0.05) is 24.3 Å². The summed E-state index contributed by atoms with van der Waals surface area (Å²) in [5.41, 5.74) is 0.563. The Bertz CT molecular complexity index is 762. The minimum atomic E-state index is -3.80. The molecule has 1 aliphatic carbocycles. The van der Waals surface area contributed by atoms with Crippen molar-refractivity contribution in [3.63, 3.8) is 0 Å². The van der Waals surface area contributed by atoms with E-state index in [9.17, 15) is 18.3 Å². The second-order valence-corrected chi connectivity index (χ2v) is 7.87. The summed E-state index contributed by atoms with van der Waals surface area (Å²) in [6.45, 7) is 0.137. The minimum Gasteiger partial charge on any atom is -0.480 e. The standard InChI is InChI=1S/C15H16N2O4S/c16-9-15(6-7-15)10-22(20,21)17-8-5-11-3-1-2-4-12(11)13(17)14(18)19/h1-4,13H,5-8,10H2,(H,18,19). The van der Waals surface area contributed by atoms with Gasteiger partial charge < -0.3 is 5.11 Å². The van der Waals surface area contributed by atoms with Crippen LogP contribution in [0.15, 0.2) is 24.3 Å². The van der Waals surface area contributed by atoms with Crippen LogP contribution in [0.5, 0.6) is 0 Å². The average molecular weight is 320 g/mol. The molecule has 1 heterocycles. The summed E-state index contributed by atoms with van der Waals surface area (Å²) in [6.07, 6.45) is 1.61. The zero-order valence-electron chi connectivity index (χ0n) is 11.9. The van der Waals surface area contributed by atoms with Crippen LogP contribution in [0.4, 0.5) is 0 Å². The van der Waals surface area contributed by atoms with Gasteiger partial charge in [-0.15, -0.1) is 0 Å². The van der Waals surface area contributed by atoms with E-state index in [4.69, 9.17) is 5.26 Å². The zero-order chi connectivity index (χ0) is 16.0. The molecule has 1 fully saturated rings. The van der Waals surface area contributed by atoms with E-state index in [1.54, 1.807) is 12.1 Å². The molecule has 1 unspecified atom stereocenters. The highest BCUT2D eigenvalue weighted by Crippen LogP contribution is 2.47. The smallest absolute Gasteiger partial charge is 0.326 e. The number of carboxylic acids is 1. The molecule has 0 aromatic heterocycles. The summed E-state index contributed by atoms with van der Waals surface area (Å²) in [5, 5.41) is 18.6. The van der Waals surface area contributed by atoms with Crippen LogP contribution in [0.1, 0.15) is 30.0 Å². The van der Waals surface area contributed by atoms with Crippen LogP contribution in [-0.4, -0.2) is 36.1 Å². The molecule has 0 bridgehead atoms. The van der Waals surface area contributed by atoms with Gasteiger partial charge in [0.1, 0.15) is 6.04 Å². The Morgan fingerprint density at radius 1 is 1.41 bits per heavy atom. The van der Waals surface area contributed by atoms with Gasteiger partial charge in [0.25, 0.3) is 0 Å². The number of sulfonamides is 1. The highest BCUT2D eigenvalue weighted by molar-refractivity contribution is 7.89. The van der Waals surface area contributed by atoms with Crippen molar-refractivity contribution < 1.29 is 18.3 Å². The molecule has 6 nitrogen and oxygen atoms in total. The van der Waals surface area contributed by atoms with Crippen molar-refractivity contribution in [2.24, 2.45) is 5.41 Å². The van der Waals surface area contributed by atoms with Crippen LogP contribution < -0.4 is 0 Å². The zero-order valence-corrected chi connectivity index (χ0v) is 12.7. The number of carboxylic acid groups (broad SMARTS) is 1. The molecule has 1 aromatic carbocycles.